The SMILES string of the molecule is CCc1nc2nc(C3=CCC4(CC3)COC4)[nH]n2c(=O)c1N1CCN(C(=O)OC(C)(C)C)CC1. The Hall–Kier alpha value is -2.88. The molecule has 2 aliphatic heterocycles. The predicted molar refractivity (Wildman–Crippen MR) is 128 cm³/mol. The van der Waals surface area contributed by atoms with E-state index in [9.17, 15) is 9.59 Å². The maximum Gasteiger partial charge on any atom is 0.410 e. The van der Waals surface area contributed by atoms with Crippen molar-refractivity contribution >= 4 is 23.1 Å². The number of anilines is 1. The van der Waals surface area contributed by atoms with Gasteiger partial charge in [-0.25, -0.2) is 9.78 Å². The van der Waals surface area contributed by atoms with Crippen LogP contribution >= 0.6 is 0 Å². The van der Waals surface area contributed by atoms with Crippen LogP contribution in [-0.2, 0) is 15.9 Å². The Labute approximate surface area is 198 Å². The maximum atomic E-state index is 13.5. The minimum absolute atomic E-state index is 0.147. The molecule has 2 aromatic rings. The lowest BCUT2D eigenvalue weighted by molar-refractivity contribution is -0.116. The average molecular weight is 471 g/mol. The van der Waals surface area contributed by atoms with Crippen LogP contribution in [0.5, 0.6) is 0 Å². The molecule has 184 valence electrons. The van der Waals surface area contributed by atoms with Gasteiger partial charge in [0.25, 0.3) is 11.3 Å². The van der Waals surface area contributed by atoms with Gasteiger partial charge in [-0.05, 0) is 52.0 Å². The van der Waals surface area contributed by atoms with E-state index in [-0.39, 0.29) is 11.7 Å². The summed E-state index contributed by atoms with van der Waals surface area (Å²) in [6.45, 7) is 11.3. The quantitative estimate of drug-likeness (QED) is 0.735. The lowest BCUT2D eigenvalue weighted by atomic mass is 9.73. The van der Waals surface area contributed by atoms with Crippen molar-refractivity contribution in [2.45, 2.75) is 59.0 Å². The third-order valence-corrected chi connectivity index (χ3v) is 6.95. The summed E-state index contributed by atoms with van der Waals surface area (Å²) in [5.41, 5.74) is 2.07. The molecule has 0 bridgehead atoms. The summed E-state index contributed by atoms with van der Waals surface area (Å²) >= 11 is 0. The number of aryl methyl sites for hydroxylation is 1. The second-order valence-electron chi connectivity index (χ2n) is 10.7. The molecular weight excluding hydrogens is 436 g/mol. The van der Waals surface area contributed by atoms with Gasteiger partial charge in [-0.15, -0.1) is 0 Å². The number of piperazine rings is 1. The first-order valence-corrected chi connectivity index (χ1v) is 12.2. The monoisotopic (exact) mass is 470 g/mol. The first-order chi connectivity index (χ1) is 16.2. The van der Waals surface area contributed by atoms with Crippen molar-refractivity contribution < 1.29 is 14.3 Å². The molecule has 0 saturated carbocycles. The summed E-state index contributed by atoms with van der Waals surface area (Å²) in [7, 11) is 0. The Bertz CT molecular complexity index is 1180. The Morgan fingerprint density at radius 1 is 1.21 bits per heavy atom. The number of carbonyl (C=O) groups excluding carboxylic acids is 1. The molecule has 10 nitrogen and oxygen atoms in total. The Morgan fingerprint density at radius 2 is 1.94 bits per heavy atom. The molecule has 0 atom stereocenters. The standard InChI is InChI=1S/C24H34N6O4/c1-5-17-18(28-10-12-29(13-11-28)22(32)34-23(2,3)4)20(31)30-21(25-17)26-19(27-30)16-6-8-24(9-7-16)14-33-15-24/h6H,5,7-15H2,1-4H3,(H,25,26,27). The summed E-state index contributed by atoms with van der Waals surface area (Å²) in [6.07, 6.45) is 5.51. The summed E-state index contributed by atoms with van der Waals surface area (Å²) in [4.78, 5) is 39.1. The zero-order valence-electron chi connectivity index (χ0n) is 20.5. The second kappa shape index (κ2) is 8.41. The van der Waals surface area contributed by atoms with Crippen molar-refractivity contribution in [3.8, 4) is 0 Å². The van der Waals surface area contributed by atoms with Crippen LogP contribution in [0.15, 0.2) is 10.9 Å². The van der Waals surface area contributed by atoms with Crippen molar-refractivity contribution in [2.75, 3.05) is 44.3 Å². The fraction of sp³-hybridized carbons (Fsp3) is 0.667. The minimum atomic E-state index is -0.532. The molecule has 1 aliphatic carbocycles. The number of rotatable bonds is 3. The predicted octanol–water partition coefficient (Wildman–Crippen LogP) is 2.62. The number of aromatic amines is 1. The third kappa shape index (κ3) is 4.19. The maximum absolute atomic E-state index is 13.5. The van der Waals surface area contributed by atoms with Gasteiger partial charge in [0.15, 0.2) is 5.82 Å². The highest BCUT2D eigenvalue weighted by Crippen LogP contribution is 2.43. The summed E-state index contributed by atoms with van der Waals surface area (Å²) in [6, 6.07) is 0. The van der Waals surface area contributed by atoms with Gasteiger partial charge in [0.2, 0.25) is 0 Å². The number of H-pyrrole nitrogens is 1. The van der Waals surface area contributed by atoms with Crippen molar-refractivity contribution in [3.63, 3.8) is 0 Å². The average Bonchev–Trinajstić information content (AvgIpc) is 3.21. The van der Waals surface area contributed by atoms with Crippen LogP contribution in [0.2, 0.25) is 0 Å². The van der Waals surface area contributed by atoms with Gasteiger partial charge in [-0.3, -0.25) is 9.89 Å². The summed E-state index contributed by atoms with van der Waals surface area (Å²) < 4.78 is 12.4. The first-order valence-electron chi connectivity index (χ1n) is 12.2. The van der Waals surface area contributed by atoms with Gasteiger partial charge in [0.1, 0.15) is 11.3 Å². The number of hydrogen-bond donors (Lipinski definition) is 1. The Morgan fingerprint density at radius 3 is 2.50 bits per heavy atom. The normalized spacial score (nSPS) is 20.4. The number of amides is 1. The molecule has 0 radical (unpaired) electrons. The van der Waals surface area contributed by atoms with E-state index in [1.165, 1.54) is 4.52 Å². The number of allylic oxidation sites excluding steroid dienone is 2. The van der Waals surface area contributed by atoms with E-state index in [0.29, 0.717) is 55.3 Å². The van der Waals surface area contributed by atoms with E-state index >= 15 is 0 Å². The molecular formula is C24H34N6O4. The van der Waals surface area contributed by atoms with Crippen molar-refractivity contribution in [1.29, 1.82) is 0 Å². The largest absolute Gasteiger partial charge is 0.444 e. The van der Waals surface area contributed by atoms with E-state index in [0.717, 1.165) is 43.7 Å². The van der Waals surface area contributed by atoms with Crippen LogP contribution in [0.25, 0.3) is 11.4 Å². The number of carbonyl (C=O) groups is 1. The van der Waals surface area contributed by atoms with Gasteiger partial charge in [0.05, 0.1) is 18.9 Å². The lowest BCUT2D eigenvalue weighted by Gasteiger charge is -2.43. The molecule has 34 heavy (non-hydrogen) atoms. The summed E-state index contributed by atoms with van der Waals surface area (Å²) in [5.74, 6) is 1.12. The first kappa shape index (κ1) is 22.9. The lowest BCUT2D eigenvalue weighted by Crippen LogP contribution is -2.51. The van der Waals surface area contributed by atoms with E-state index in [2.05, 4.69) is 16.2 Å². The van der Waals surface area contributed by atoms with Gasteiger partial charge in [-0.1, -0.05) is 13.0 Å². The van der Waals surface area contributed by atoms with E-state index in [1.807, 2.05) is 32.6 Å². The number of nitrogens with zero attached hydrogens (tertiary/aromatic N) is 5. The third-order valence-electron chi connectivity index (χ3n) is 6.95. The molecule has 4 heterocycles. The minimum Gasteiger partial charge on any atom is -0.444 e. The van der Waals surface area contributed by atoms with Crippen LogP contribution in [0.1, 0.15) is 58.5 Å². The van der Waals surface area contributed by atoms with Crippen molar-refractivity contribution in [3.05, 3.63) is 27.9 Å². The van der Waals surface area contributed by atoms with Crippen LogP contribution < -0.4 is 10.5 Å². The van der Waals surface area contributed by atoms with Gasteiger partial charge in [-0.2, -0.15) is 9.50 Å². The van der Waals surface area contributed by atoms with E-state index in [1.54, 1.807) is 4.90 Å². The molecule has 1 spiro atoms. The molecule has 0 aromatic carbocycles. The molecule has 0 unspecified atom stereocenters. The van der Waals surface area contributed by atoms with Crippen molar-refractivity contribution in [1.82, 2.24) is 24.5 Å². The van der Waals surface area contributed by atoms with Gasteiger partial charge in [0, 0.05) is 31.6 Å². The van der Waals surface area contributed by atoms with E-state index < -0.39 is 5.60 Å². The fourth-order valence-corrected chi connectivity index (χ4v) is 4.91. The fourth-order valence-electron chi connectivity index (χ4n) is 4.91. The number of nitrogens with one attached hydrogen (secondary N) is 1. The zero-order valence-corrected chi connectivity index (χ0v) is 20.5. The zero-order chi connectivity index (χ0) is 24.1. The molecule has 1 amide bonds. The smallest absolute Gasteiger partial charge is 0.410 e. The van der Waals surface area contributed by atoms with Crippen LogP contribution in [0, 0.1) is 5.41 Å². The Balaban J connectivity index is 1.37. The van der Waals surface area contributed by atoms with Crippen molar-refractivity contribution in [2.24, 2.45) is 5.41 Å². The van der Waals surface area contributed by atoms with Gasteiger partial charge >= 0.3 is 6.09 Å². The second-order valence-corrected chi connectivity index (χ2v) is 10.7. The molecule has 3 aliphatic rings. The van der Waals surface area contributed by atoms with Crippen LogP contribution in [0.3, 0.4) is 0 Å². The summed E-state index contributed by atoms with van der Waals surface area (Å²) in [5, 5.41) is 3.20. The molecule has 2 saturated heterocycles. The van der Waals surface area contributed by atoms with Gasteiger partial charge < -0.3 is 19.3 Å². The highest BCUT2D eigenvalue weighted by Gasteiger charge is 2.39. The molecule has 2 fully saturated rings. The Kier molecular flexibility index (Phi) is 5.66. The number of aromatic nitrogens is 4. The molecule has 2 aromatic heterocycles. The topological polar surface area (TPSA) is 105 Å². The highest BCUT2D eigenvalue weighted by molar-refractivity contribution is 5.69. The molecule has 10 heteroatoms. The number of ether oxygens (including phenoxy) is 2. The highest BCUT2D eigenvalue weighted by atomic mass is 16.6. The molecule has 1 N–H and O–H groups in total. The number of fused-ring (bicyclic) bond motifs is 1. The number of hydrogen-bond acceptors (Lipinski definition) is 7. The van der Waals surface area contributed by atoms with E-state index in [4.69, 9.17) is 14.5 Å². The van der Waals surface area contributed by atoms with Crippen LogP contribution in [0.4, 0.5) is 10.5 Å². The molecule has 5 rings (SSSR count). The van der Waals surface area contributed by atoms with Crippen LogP contribution in [-0.4, -0.2) is 75.6 Å².